The molecule has 0 bridgehead atoms. The van der Waals surface area contributed by atoms with Crippen molar-refractivity contribution in [3.63, 3.8) is 0 Å². The van der Waals surface area contributed by atoms with E-state index in [4.69, 9.17) is 26.8 Å². The topological polar surface area (TPSA) is 47.7 Å². The number of hydrogen-bond acceptors (Lipinski definition) is 5. The average Bonchev–Trinajstić information content (AvgIpc) is 2.96. The molecule has 4 nitrogen and oxygen atoms in total. The summed E-state index contributed by atoms with van der Waals surface area (Å²) in [4.78, 5) is 3.53. The summed E-state index contributed by atoms with van der Waals surface area (Å²) in [5.74, 6) is 0. The van der Waals surface area contributed by atoms with Gasteiger partial charge in [0.05, 0.1) is 22.6 Å². The fourth-order valence-electron chi connectivity index (χ4n) is 2.71. The summed E-state index contributed by atoms with van der Waals surface area (Å²) >= 11 is 7.63. The first-order chi connectivity index (χ1) is 9.06. The van der Waals surface area contributed by atoms with Crippen LogP contribution >= 0.6 is 22.9 Å². The lowest BCUT2D eigenvalue weighted by Crippen LogP contribution is -2.38. The van der Waals surface area contributed by atoms with Crippen molar-refractivity contribution in [3.8, 4) is 0 Å². The molecule has 19 heavy (non-hydrogen) atoms. The van der Waals surface area contributed by atoms with E-state index in [1.54, 1.807) is 25.6 Å². The smallest absolute Gasteiger partial charge is 0.0972 e. The van der Waals surface area contributed by atoms with Crippen molar-refractivity contribution in [2.45, 2.75) is 31.2 Å². The number of hydrogen-bond donors (Lipinski definition) is 1. The zero-order valence-electron chi connectivity index (χ0n) is 11.5. The molecule has 0 aromatic carbocycles. The number of methoxy groups -OCH3 is 2. The molecule has 1 aromatic rings. The molecule has 1 aliphatic rings. The van der Waals surface area contributed by atoms with Gasteiger partial charge < -0.3 is 15.2 Å². The van der Waals surface area contributed by atoms with Crippen LogP contribution in [0, 0.1) is 0 Å². The number of likely N-dealkylation sites (tertiary alicyclic amines) is 1. The molecule has 2 N–H and O–H groups in total. The van der Waals surface area contributed by atoms with E-state index in [1.165, 1.54) is 4.88 Å². The van der Waals surface area contributed by atoms with Gasteiger partial charge in [-0.2, -0.15) is 0 Å². The second-order valence-electron chi connectivity index (χ2n) is 4.95. The summed E-state index contributed by atoms with van der Waals surface area (Å²) in [5, 5.41) is 0. The molecule has 1 fully saturated rings. The molecule has 4 atom stereocenters. The first-order valence-corrected chi connectivity index (χ1v) is 7.56. The third kappa shape index (κ3) is 3.29. The summed E-state index contributed by atoms with van der Waals surface area (Å²) in [5.41, 5.74) is 6.17. The van der Waals surface area contributed by atoms with Crippen LogP contribution in [0.5, 0.6) is 0 Å². The third-order valence-corrected chi connectivity index (χ3v) is 4.93. The lowest BCUT2D eigenvalue weighted by atomic mass is 10.1. The minimum Gasteiger partial charge on any atom is -0.377 e. The Morgan fingerprint density at radius 3 is 2.26 bits per heavy atom. The molecule has 2 rings (SSSR count). The molecule has 1 saturated heterocycles. The predicted molar refractivity (Wildman–Crippen MR) is 78.9 cm³/mol. The van der Waals surface area contributed by atoms with Gasteiger partial charge in [-0.05, 0) is 19.1 Å². The van der Waals surface area contributed by atoms with E-state index in [9.17, 15) is 0 Å². The van der Waals surface area contributed by atoms with E-state index in [-0.39, 0.29) is 24.3 Å². The normalized spacial score (nSPS) is 27.6. The molecule has 0 aliphatic carbocycles. The number of nitrogens with two attached hydrogens (primary N) is 1. The monoisotopic (exact) mass is 304 g/mol. The zero-order chi connectivity index (χ0) is 14.0. The maximum atomic E-state index is 6.17. The van der Waals surface area contributed by atoms with Gasteiger partial charge in [0.15, 0.2) is 0 Å². The molecule has 2 heterocycles. The maximum absolute atomic E-state index is 6.17. The van der Waals surface area contributed by atoms with E-state index in [2.05, 4.69) is 11.0 Å². The first-order valence-electron chi connectivity index (χ1n) is 6.37. The highest BCUT2D eigenvalue weighted by molar-refractivity contribution is 7.16. The van der Waals surface area contributed by atoms with Crippen LogP contribution in [-0.2, 0) is 9.47 Å². The molecule has 108 valence electrons. The molecule has 4 unspecified atom stereocenters. The highest BCUT2D eigenvalue weighted by atomic mass is 35.5. The fourth-order valence-corrected chi connectivity index (χ4v) is 4.02. The van der Waals surface area contributed by atoms with Gasteiger partial charge >= 0.3 is 0 Å². The molecule has 1 aliphatic heterocycles. The van der Waals surface area contributed by atoms with Crippen LogP contribution in [0.1, 0.15) is 17.8 Å². The Labute approximate surface area is 123 Å². The third-order valence-electron chi connectivity index (χ3n) is 3.63. The molecular formula is C13H21ClN2O2S. The van der Waals surface area contributed by atoms with Crippen LogP contribution < -0.4 is 5.73 Å². The van der Waals surface area contributed by atoms with Gasteiger partial charge in [0.2, 0.25) is 0 Å². The van der Waals surface area contributed by atoms with E-state index >= 15 is 0 Å². The molecule has 1 aromatic heterocycles. The minimum atomic E-state index is 0.0304. The average molecular weight is 305 g/mol. The Hall–Kier alpha value is -0.170. The lowest BCUT2D eigenvalue weighted by molar-refractivity contribution is -0.00461. The quantitative estimate of drug-likeness (QED) is 0.905. The predicted octanol–water partition coefficient (Wildman–Crippen LogP) is 2.14. The Balaban J connectivity index is 2.17. The summed E-state index contributed by atoms with van der Waals surface area (Å²) in [6.45, 7) is 3.69. The molecule has 0 saturated carbocycles. The van der Waals surface area contributed by atoms with Crippen molar-refractivity contribution in [1.29, 1.82) is 0 Å². The van der Waals surface area contributed by atoms with Crippen molar-refractivity contribution in [2.24, 2.45) is 5.73 Å². The molecule has 0 amide bonds. The number of nitrogens with zero attached hydrogens (tertiary/aromatic N) is 1. The lowest BCUT2D eigenvalue weighted by Gasteiger charge is -2.29. The van der Waals surface area contributed by atoms with Gasteiger partial charge in [-0.15, -0.1) is 11.3 Å². The van der Waals surface area contributed by atoms with Crippen molar-refractivity contribution in [1.82, 2.24) is 4.90 Å². The largest absolute Gasteiger partial charge is 0.377 e. The van der Waals surface area contributed by atoms with Crippen LogP contribution in [0.4, 0.5) is 0 Å². The van der Waals surface area contributed by atoms with Gasteiger partial charge in [-0.25, -0.2) is 0 Å². The zero-order valence-corrected chi connectivity index (χ0v) is 13.1. The summed E-state index contributed by atoms with van der Waals surface area (Å²) < 4.78 is 11.8. The molecule has 0 spiro atoms. The Bertz CT molecular complexity index is 401. The van der Waals surface area contributed by atoms with Gasteiger partial charge in [-0.1, -0.05) is 11.6 Å². The van der Waals surface area contributed by atoms with Gasteiger partial charge in [0.1, 0.15) is 0 Å². The van der Waals surface area contributed by atoms with E-state index < -0.39 is 0 Å². The van der Waals surface area contributed by atoms with Crippen LogP contribution in [0.25, 0.3) is 0 Å². The fraction of sp³-hybridized carbons (Fsp3) is 0.692. The van der Waals surface area contributed by atoms with E-state index in [1.807, 2.05) is 13.0 Å². The highest BCUT2D eigenvalue weighted by Crippen LogP contribution is 2.34. The molecule has 6 heteroatoms. The van der Waals surface area contributed by atoms with Crippen LogP contribution in [0.2, 0.25) is 4.34 Å². The van der Waals surface area contributed by atoms with Gasteiger partial charge in [0.25, 0.3) is 0 Å². The van der Waals surface area contributed by atoms with Crippen molar-refractivity contribution < 1.29 is 9.47 Å². The Morgan fingerprint density at radius 1 is 1.32 bits per heavy atom. The summed E-state index contributed by atoms with van der Waals surface area (Å²) in [6, 6.07) is 4.18. The molecular weight excluding hydrogens is 284 g/mol. The highest BCUT2D eigenvalue weighted by Gasteiger charge is 2.38. The number of rotatable bonds is 5. The maximum Gasteiger partial charge on any atom is 0.0972 e. The van der Waals surface area contributed by atoms with E-state index in [0.717, 1.165) is 17.4 Å². The number of thiophene rings is 1. The van der Waals surface area contributed by atoms with Crippen LogP contribution in [-0.4, -0.2) is 50.5 Å². The second kappa shape index (κ2) is 6.52. The summed E-state index contributed by atoms with van der Waals surface area (Å²) in [7, 11) is 3.45. The van der Waals surface area contributed by atoms with Crippen LogP contribution in [0.15, 0.2) is 12.1 Å². The van der Waals surface area contributed by atoms with Gasteiger partial charge in [0, 0.05) is 38.2 Å². The van der Waals surface area contributed by atoms with E-state index in [0.29, 0.717) is 0 Å². The van der Waals surface area contributed by atoms with Crippen molar-refractivity contribution >= 4 is 22.9 Å². The molecule has 0 radical (unpaired) electrons. The summed E-state index contributed by atoms with van der Waals surface area (Å²) in [6.07, 6.45) is 0.198. The second-order valence-corrected chi connectivity index (χ2v) is 6.69. The van der Waals surface area contributed by atoms with Crippen molar-refractivity contribution in [3.05, 3.63) is 21.3 Å². The number of ether oxygens (including phenoxy) is 2. The Kier molecular flexibility index (Phi) is 5.22. The van der Waals surface area contributed by atoms with Crippen molar-refractivity contribution in [2.75, 3.05) is 27.3 Å². The number of halogens is 1. The minimum absolute atomic E-state index is 0.0304. The SMILES string of the molecule is COC1CN(C(c2ccc(Cl)s2)C(C)N)CC1OC. The van der Waals surface area contributed by atoms with Gasteiger partial charge in [-0.3, -0.25) is 4.90 Å². The standard InChI is InChI=1S/C13H21ClN2O2S/c1-8(15)13(11-4-5-12(14)19-11)16-6-9(17-2)10(7-16)18-3/h4-5,8-10,13H,6-7,15H2,1-3H3. The van der Waals surface area contributed by atoms with Crippen LogP contribution in [0.3, 0.4) is 0 Å². The first kappa shape index (κ1) is 15.2. The Morgan fingerprint density at radius 2 is 1.89 bits per heavy atom.